The monoisotopic (exact) mass is 232 g/mol. The predicted octanol–water partition coefficient (Wildman–Crippen LogP) is 2.70. The molecule has 0 saturated carbocycles. The fraction of sp³-hybridized carbons (Fsp3) is 0.357. The maximum atomic E-state index is 9.66. The first kappa shape index (κ1) is 13.5. The first-order valence-corrected chi connectivity index (χ1v) is 5.83. The summed E-state index contributed by atoms with van der Waals surface area (Å²) < 4.78 is 0. The molecule has 1 rings (SSSR count). The molecule has 0 aromatic carbocycles. The summed E-state index contributed by atoms with van der Waals surface area (Å²) in [4.78, 5) is 6.38. The lowest BCUT2D eigenvalue weighted by molar-refractivity contribution is 0.169. The molecule has 0 aliphatic rings. The maximum Gasteiger partial charge on any atom is 0.0957 e. The molecule has 0 amide bonds. The van der Waals surface area contributed by atoms with Crippen molar-refractivity contribution < 1.29 is 5.11 Å². The number of anilines is 1. The standard InChI is InChI=1S/C14H20N2O/c1-4-9-16(10-5-2)12-7-8-13(15-11-12)14(17)6-3/h4-5,7-8,11,14,17H,1-2,6,9-10H2,3H3/t14-/m1/s1. The Morgan fingerprint density at radius 3 is 2.41 bits per heavy atom. The molecular weight excluding hydrogens is 212 g/mol. The Morgan fingerprint density at radius 1 is 1.35 bits per heavy atom. The Balaban J connectivity index is 2.83. The van der Waals surface area contributed by atoms with Gasteiger partial charge in [-0.15, -0.1) is 13.2 Å². The van der Waals surface area contributed by atoms with Crippen molar-refractivity contribution in [2.75, 3.05) is 18.0 Å². The van der Waals surface area contributed by atoms with Crippen molar-refractivity contribution in [3.63, 3.8) is 0 Å². The molecule has 0 spiro atoms. The second kappa shape index (κ2) is 6.86. The van der Waals surface area contributed by atoms with Crippen molar-refractivity contribution in [2.45, 2.75) is 19.4 Å². The highest BCUT2D eigenvalue weighted by molar-refractivity contribution is 5.46. The quantitative estimate of drug-likeness (QED) is 0.734. The maximum absolute atomic E-state index is 9.66. The topological polar surface area (TPSA) is 36.4 Å². The summed E-state index contributed by atoms with van der Waals surface area (Å²) in [6.07, 6.45) is 5.67. The van der Waals surface area contributed by atoms with Crippen LogP contribution in [0.1, 0.15) is 25.1 Å². The molecule has 1 atom stereocenters. The van der Waals surface area contributed by atoms with Crippen molar-refractivity contribution >= 4 is 5.69 Å². The van der Waals surface area contributed by atoms with Gasteiger partial charge in [0.2, 0.25) is 0 Å². The van der Waals surface area contributed by atoms with Gasteiger partial charge in [-0.2, -0.15) is 0 Å². The van der Waals surface area contributed by atoms with Crippen molar-refractivity contribution in [3.05, 3.63) is 49.3 Å². The van der Waals surface area contributed by atoms with E-state index in [1.165, 1.54) is 0 Å². The number of aromatic nitrogens is 1. The van der Waals surface area contributed by atoms with E-state index in [4.69, 9.17) is 0 Å². The van der Waals surface area contributed by atoms with E-state index in [1.807, 2.05) is 31.2 Å². The average Bonchev–Trinajstić information content (AvgIpc) is 2.38. The summed E-state index contributed by atoms with van der Waals surface area (Å²) in [5, 5.41) is 9.66. The fourth-order valence-corrected chi connectivity index (χ4v) is 1.59. The van der Waals surface area contributed by atoms with Gasteiger partial charge in [-0.3, -0.25) is 4.98 Å². The highest BCUT2D eigenvalue weighted by atomic mass is 16.3. The summed E-state index contributed by atoms with van der Waals surface area (Å²) in [7, 11) is 0. The van der Waals surface area contributed by atoms with Crippen molar-refractivity contribution in [1.29, 1.82) is 0 Å². The lowest BCUT2D eigenvalue weighted by Gasteiger charge is -2.21. The van der Waals surface area contributed by atoms with Gasteiger partial charge in [-0.25, -0.2) is 0 Å². The molecule has 1 aromatic heterocycles. The number of aliphatic hydroxyl groups is 1. The Kier molecular flexibility index (Phi) is 5.43. The molecule has 0 fully saturated rings. The van der Waals surface area contributed by atoms with Crippen molar-refractivity contribution in [3.8, 4) is 0 Å². The highest BCUT2D eigenvalue weighted by Crippen LogP contribution is 2.18. The lowest BCUT2D eigenvalue weighted by atomic mass is 10.2. The minimum atomic E-state index is -0.476. The zero-order valence-corrected chi connectivity index (χ0v) is 10.3. The Morgan fingerprint density at radius 2 is 2.00 bits per heavy atom. The van der Waals surface area contributed by atoms with Crippen LogP contribution in [0.5, 0.6) is 0 Å². The van der Waals surface area contributed by atoms with Crippen molar-refractivity contribution in [1.82, 2.24) is 4.98 Å². The van der Waals surface area contributed by atoms with Crippen LogP contribution in [0, 0.1) is 0 Å². The van der Waals surface area contributed by atoms with Crippen LogP contribution in [-0.4, -0.2) is 23.2 Å². The number of rotatable bonds is 7. The number of nitrogens with zero attached hydrogens (tertiary/aromatic N) is 2. The normalized spacial score (nSPS) is 11.9. The third-order valence-electron chi connectivity index (χ3n) is 2.56. The Labute approximate surface area is 103 Å². The second-order valence-electron chi connectivity index (χ2n) is 3.85. The number of hydrogen-bond acceptors (Lipinski definition) is 3. The molecule has 0 saturated heterocycles. The summed E-state index contributed by atoms with van der Waals surface area (Å²) in [6.45, 7) is 10.9. The van der Waals surface area contributed by atoms with Crippen LogP contribution in [0.3, 0.4) is 0 Å². The Bertz CT molecular complexity index is 349. The smallest absolute Gasteiger partial charge is 0.0957 e. The molecule has 1 heterocycles. The van der Waals surface area contributed by atoms with Crippen LogP contribution in [0.25, 0.3) is 0 Å². The molecule has 3 heteroatoms. The van der Waals surface area contributed by atoms with Crippen LogP contribution < -0.4 is 4.90 Å². The lowest BCUT2D eigenvalue weighted by Crippen LogP contribution is -2.23. The van der Waals surface area contributed by atoms with Gasteiger partial charge in [-0.05, 0) is 18.6 Å². The highest BCUT2D eigenvalue weighted by Gasteiger charge is 2.08. The molecule has 17 heavy (non-hydrogen) atoms. The molecular formula is C14H20N2O. The van der Waals surface area contributed by atoms with Crippen LogP contribution in [-0.2, 0) is 0 Å². The second-order valence-corrected chi connectivity index (χ2v) is 3.85. The van der Waals surface area contributed by atoms with Gasteiger partial charge < -0.3 is 10.0 Å². The van der Waals surface area contributed by atoms with Crippen LogP contribution in [0.2, 0.25) is 0 Å². The molecule has 1 aromatic rings. The SMILES string of the molecule is C=CCN(CC=C)c1ccc([C@H](O)CC)nc1. The molecule has 0 bridgehead atoms. The first-order valence-electron chi connectivity index (χ1n) is 5.83. The third-order valence-corrected chi connectivity index (χ3v) is 2.56. The summed E-state index contributed by atoms with van der Waals surface area (Å²) in [5.41, 5.74) is 1.73. The van der Waals surface area contributed by atoms with E-state index in [0.717, 1.165) is 18.8 Å². The van der Waals surface area contributed by atoms with Gasteiger partial charge in [0.1, 0.15) is 0 Å². The summed E-state index contributed by atoms with van der Waals surface area (Å²) in [5.74, 6) is 0. The van der Waals surface area contributed by atoms with E-state index in [1.54, 1.807) is 6.20 Å². The van der Waals surface area contributed by atoms with Crippen LogP contribution in [0.15, 0.2) is 43.6 Å². The fourth-order valence-electron chi connectivity index (χ4n) is 1.59. The number of aliphatic hydroxyl groups excluding tert-OH is 1. The molecule has 0 aliphatic carbocycles. The summed E-state index contributed by atoms with van der Waals surface area (Å²) in [6, 6.07) is 3.83. The molecule has 0 unspecified atom stereocenters. The minimum Gasteiger partial charge on any atom is -0.387 e. The van der Waals surface area contributed by atoms with E-state index in [9.17, 15) is 5.11 Å². The van der Waals surface area contributed by atoms with Crippen molar-refractivity contribution in [2.24, 2.45) is 0 Å². The zero-order chi connectivity index (χ0) is 12.7. The third kappa shape index (κ3) is 3.71. The number of pyridine rings is 1. The minimum absolute atomic E-state index is 0.476. The van der Waals surface area contributed by atoms with E-state index in [0.29, 0.717) is 12.1 Å². The largest absolute Gasteiger partial charge is 0.387 e. The van der Waals surface area contributed by atoms with Gasteiger partial charge >= 0.3 is 0 Å². The first-order chi connectivity index (χ1) is 8.22. The van der Waals surface area contributed by atoms with Crippen LogP contribution >= 0.6 is 0 Å². The summed E-state index contributed by atoms with van der Waals surface area (Å²) >= 11 is 0. The van der Waals surface area contributed by atoms with Gasteiger partial charge in [0, 0.05) is 13.1 Å². The molecule has 92 valence electrons. The molecule has 0 radical (unpaired) electrons. The Hall–Kier alpha value is -1.61. The molecule has 3 nitrogen and oxygen atoms in total. The van der Waals surface area contributed by atoms with Crippen LogP contribution in [0.4, 0.5) is 5.69 Å². The van der Waals surface area contributed by atoms with E-state index in [-0.39, 0.29) is 0 Å². The van der Waals surface area contributed by atoms with Gasteiger partial charge in [-0.1, -0.05) is 19.1 Å². The predicted molar refractivity (Wildman–Crippen MR) is 72.1 cm³/mol. The van der Waals surface area contributed by atoms with E-state index >= 15 is 0 Å². The zero-order valence-electron chi connectivity index (χ0n) is 10.3. The van der Waals surface area contributed by atoms with E-state index < -0.39 is 6.10 Å². The van der Waals surface area contributed by atoms with Gasteiger partial charge in [0.15, 0.2) is 0 Å². The number of hydrogen-bond donors (Lipinski definition) is 1. The van der Waals surface area contributed by atoms with Gasteiger partial charge in [0.25, 0.3) is 0 Å². The average molecular weight is 232 g/mol. The molecule has 0 aliphatic heterocycles. The van der Waals surface area contributed by atoms with Gasteiger partial charge in [0.05, 0.1) is 23.7 Å². The molecule has 1 N–H and O–H groups in total. The van der Waals surface area contributed by atoms with E-state index in [2.05, 4.69) is 23.0 Å².